The molecular formula is C17H22N4. The number of aromatic nitrogens is 2. The monoisotopic (exact) mass is 282 g/mol. The fourth-order valence-electron chi connectivity index (χ4n) is 2.95. The molecule has 0 aliphatic carbocycles. The molecule has 0 spiro atoms. The van der Waals surface area contributed by atoms with E-state index in [1.54, 1.807) is 0 Å². The van der Waals surface area contributed by atoms with Gasteiger partial charge in [-0.1, -0.05) is 30.3 Å². The molecule has 1 saturated heterocycles. The van der Waals surface area contributed by atoms with Gasteiger partial charge in [0.05, 0.1) is 11.7 Å². The van der Waals surface area contributed by atoms with Crippen LogP contribution in [-0.2, 0) is 0 Å². The van der Waals surface area contributed by atoms with Crippen LogP contribution < -0.4 is 4.90 Å². The van der Waals surface area contributed by atoms with Crippen LogP contribution >= 0.6 is 0 Å². The maximum Gasteiger partial charge on any atom is 0.225 e. The summed E-state index contributed by atoms with van der Waals surface area (Å²) in [6.45, 7) is 1.14. The zero-order valence-electron chi connectivity index (χ0n) is 13.0. The van der Waals surface area contributed by atoms with Crippen molar-refractivity contribution in [3.63, 3.8) is 0 Å². The molecule has 0 bridgehead atoms. The van der Waals surface area contributed by atoms with Crippen LogP contribution in [0.15, 0.2) is 36.5 Å². The standard InChI is InChI=1S/C17H22N4/c1-20(2)17-18-12-14(13-8-5-4-6-9-13)16(19-17)15-10-7-11-21(15)3/h4-6,8-9,12,15H,7,10-11H2,1-3H3. The highest BCUT2D eigenvalue weighted by molar-refractivity contribution is 5.66. The summed E-state index contributed by atoms with van der Waals surface area (Å²) >= 11 is 0. The van der Waals surface area contributed by atoms with E-state index in [9.17, 15) is 0 Å². The zero-order valence-corrected chi connectivity index (χ0v) is 13.0. The first-order chi connectivity index (χ1) is 10.2. The average molecular weight is 282 g/mol. The lowest BCUT2D eigenvalue weighted by atomic mass is 10.00. The molecule has 1 aliphatic heterocycles. The largest absolute Gasteiger partial charge is 0.347 e. The minimum Gasteiger partial charge on any atom is -0.347 e. The van der Waals surface area contributed by atoms with Gasteiger partial charge in [-0.25, -0.2) is 9.97 Å². The highest BCUT2D eigenvalue weighted by Gasteiger charge is 2.27. The third-order valence-corrected chi connectivity index (χ3v) is 4.13. The molecule has 110 valence electrons. The Morgan fingerprint density at radius 3 is 2.57 bits per heavy atom. The Morgan fingerprint density at radius 2 is 1.95 bits per heavy atom. The van der Waals surface area contributed by atoms with Gasteiger partial charge in [0, 0.05) is 25.9 Å². The van der Waals surface area contributed by atoms with Gasteiger partial charge < -0.3 is 4.90 Å². The predicted octanol–water partition coefficient (Wildman–Crippen LogP) is 2.98. The number of rotatable bonds is 3. The molecule has 2 aromatic rings. The van der Waals surface area contributed by atoms with Crippen LogP contribution in [0.2, 0.25) is 0 Å². The smallest absolute Gasteiger partial charge is 0.225 e. The van der Waals surface area contributed by atoms with Gasteiger partial charge in [-0.2, -0.15) is 0 Å². The van der Waals surface area contributed by atoms with E-state index in [2.05, 4.69) is 41.2 Å². The summed E-state index contributed by atoms with van der Waals surface area (Å²) in [6, 6.07) is 10.8. The maximum atomic E-state index is 4.85. The molecule has 1 unspecified atom stereocenters. The van der Waals surface area contributed by atoms with Crippen LogP contribution in [0.4, 0.5) is 5.95 Å². The molecule has 2 heterocycles. The zero-order chi connectivity index (χ0) is 14.8. The highest BCUT2D eigenvalue weighted by atomic mass is 15.2. The molecule has 21 heavy (non-hydrogen) atoms. The third kappa shape index (κ3) is 2.76. The lowest BCUT2D eigenvalue weighted by Gasteiger charge is -2.23. The summed E-state index contributed by atoms with van der Waals surface area (Å²) in [5, 5.41) is 0. The molecule has 0 amide bonds. The Labute approximate surface area is 126 Å². The van der Waals surface area contributed by atoms with Gasteiger partial charge in [0.15, 0.2) is 0 Å². The third-order valence-electron chi connectivity index (χ3n) is 4.13. The first-order valence-electron chi connectivity index (χ1n) is 7.46. The predicted molar refractivity (Wildman–Crippen MR) is 86.4 cm³/mol. The molecule has 1 fully saturated rings. The van der Waals surface area contributed by atoms with E-state index < -0.39 is 0 Å². The van der Waals surface area contributed by atoms with Gasteiger partial charge in [0.25, 0.3) is 0 Å². The van der Waals surface area contributed by atoms with Gasteiger partial charge in [0.1, 0.15) is 0 Å². The Bertz CT molecular complexity index is 609. The van der Waals surface area contributed by atoms with Crippen molar-refractivity contribution in [2.75, 3.05) is 32.6 Å². The van der Waals surface area contributed by atoms with Crippen LogP contribution in [0, 0.1) is 0 Å². The van der Waals surface area contributed by atoms with Crippen molar-refractivity contribution >= 4 is 5.95 Å². The molecule has 4 nitrogen and oxygen atoms in total. The van der Waals surface area contributed by atoms with Gasteiger partial charge in [-0.05, 0) is 32.0 Å². The summed E-state index contributed by atoms with van der Waals surface area (Å²) in [4.78, 5) is 13.7. The number of likely N-dealkylation sites (tertiary alicyclic amines) is 1. The average Bonchev–Trinajstić information content (AvgIpc) is 2.93. The first kappa shape index (κ1) is 14.0. The summed E-state index contributed by atoms with van der Waals surface area (Å²) in [5.74, 6) is 0.782. The van der Waals surface area contributed by atoms with Crippen molar-refractivity contribution in [3.05, 3.63) is 42.2 Å². The van der Waals surface area contributed by atoms with E-state index in [1.807, 2.05) is 31.3 Å². The molecule has 1 aliphatic rings. The fraction of sp³-hybridized carbons (Fsp3) is 0.412. The van der Waals surface area contributed by atoms with Gasteiger partial charge >= 0.3 is 0 Å². The number of nitrogens with zero attached hydrogens (tertiary/aromatic N) is 4. The molecule has 1 aromatic heterocycles. The van der Waals surface area contributed by atoms with Crippen molar-refractivity contribution in [2.24, 2.45) is 0 Å². The molecule has 0 radical (unpaired) electrons. The lowest BCUT2D eigenvalue weighted by Crippen LogP contribution is -2.21. The number of hydrogen-bond acceptors (Lipinski definition) is 4. The van der Waals surface area contributed by atoms with Gasteiger partial charge in [-0.15, -0.1) is 0 Å². The summed E-state index contributed by atoms with van der Waals surface area (Å²) in [5.41, 5.74) is 3.50. The quantitative estimate of drug-likeness (QED) is 0.866. The maximum absolute atomic E-state index is 4.85. The highest BCUT2D eigenvalue weighted by Crippen LogP contribution is 2.35. The van der Waals surface area contributed by atoms with Crippen molar-refractivity contribution < 1.29 is 0 Å². The summed E-state index contributed by atoms with van der Waals surface area (Å²) in [6.07, 6.45) is 4.37. The second-order valence-electron chi connectivity index (χ2n) is 5.87. The number of anilines is 1. The lowest BCUT2D eigenvalue weighted by molar-refractivity contribution is 0.312. The number of hydrogen-bond donors (Lipinski definition) is 0. The second kappa shape index (κ2) is 5.82. The van der Waals surface area contributed by atoms with Crippen LogP contribution in [-0.4, -0.2) is 42.6 Å². The van der Waals surface area contributed by atoms with Crippen LogP contribution in [0.25, 0.3) is 11.1 Å². The molecule has 4 heteroatoms. The minimum absolute atomic E-state index is 0.391. The van der Waals surface area contributed by atoms with E-state index in [0.717, 1.165) is 23.8 Å². The molecule has 1 aromatic carbocycles. The topological polar surface area (TPSA) is 32.3 Å². The summed E-state index contributed by atoms with van der Waals surface area (Å²) in [7, 11) is 6.16. The van der Waals surface area contributed by atoms with Crippen LogP contribution in [0.3, 0.4) is 0 Å². The van der Waals surface area contributed by atoms with Crippen molar-refractivity contribution in [2.45, 2.75) is 18.9 Å². The van der Waals surface area contributed by atoms with E-state index in [0.29, 0.717) is 6.04 Å². The number of benzene rings is 1. The molecule has 1 atom stereocenters. The Morgan fingerprint density at radius 1 is 1.19 bits per heavy atom. The Balaban J connectivity index is 2.11. The minimum atomic E-state index is 0.391. The van der Waals surface area contributed by atoms with Crippen LogP contribution in [0.1, 0.15) is 24.6 Å². The second-order valence-corrected chi connectivity index (χ2v) is 5.87. The van der Waals surface area contributed by atoms with Crippen molar-refractivity contribution in [1.82, 2.24) is 14.9 Å². The molecule has 0 N–H and O–H groups in total. The van der Waals surface area contributed by atoms with E-state index in [-0.39, 0.29) is 0 Å². The van der Waals surface area contributed by atoms with E-state index in [1.165, 1.54) is 18.4 Å². The molecular weight excluding hydrogens is 260 g/mol. The Kier molecular flexibility index (Phi) is 3.88. The van der Waals surface area contributed by atoms with Gasteiger partial charge in [0.2, 0.25) is 5.95 Å². The van der Waals surface area contributed by atoms with Crippen LogP contribution in [0.5, 0.6) is 0 Å². The first-order valence-corrected chi connectivity index (χ1v) is 7.46. The van der Waals surface area contributed by atoms with E-state index in [4.69, 9.17) is 4.98 Å². The normalized spacial score (nSPS) is 18.9. The van der Waals surface area contributed by atoms with Crippen molar-refractivity contribution in [3.8, 4) is 11.1 Å². The Hall–Kier alpha value is -1.94. The van der Waals surface area contributed by atoms with Crippen molar-refractivity contribution in [1.29, 1.82) is 0 Å². The summed E-state index contributed by atoms with van der Waals surface area (Å²) < 4.78 is 0. The van der Waals surface area contributed by atoms with Gasteiger partial charge in [-0.3, -0.25) is 4.90 Å². The van der Waals surface area contributed by atoms with E-state index >= 15 is 0 Å². The molecule has 3 rings (SSSR count). The SMILES string of the molecule is CN(C)c1ncc(-c2ccccc2)c(C2CCCN2C)n1. The fourth-order valence-corrected chi connectivity index (χ4v) is 2.95. The molecule has 0 saturated carbocycles.